The number of amides is 1. The normalized spacial score (nSPS) is 16.8. The van der Waals surface area contributed by atoms with Crippen molar-refractivity contribution in [2.75, 3.05) is 13.2 Å². The van der Waals surface area contributed by atoms with Crippen LogP contribution in [0.4, 0.5) is 8.78 Å². The van der Waals surface area contributed by atoms with Crippen molar-refractivity contribution in [1.82, 2.24) is 19.7 Å². The van der Waals surface area contributed by atoms with Gasteiger partial charge in [-0.1, -0.05) is 0 Å². The second-order valence-corrected chi connectivity index (χ2v) is 7.80. The molecule has 1 aliphatic heterocycles. The number of pyridine rings is 1. The maximum Gasteiger partial charge on any atom is 0.257 e. The third-order valence-corrected chi connectivity index (χ3v) is 5.55. The van der Waals surface area contributed by atoms with E-state index in [1.165, 1.54) is 24.3 Å². The minimum absolute atomic E-state index is 0.258. The van der Waals surface area contributed by atoms with Crippen molar-refractivity contribution in [3.8, 4) is 5.82 Å². The van der Waals surface area contributed by atoms with E-state index in [0.717, 1.165) is 11.8 Å². The molecule has 0 radical (unpaired) electrons. The van der Waals surface area contributed by atoms with Crippen LogP contribution in [0, 0.1) is 15.2 Å². The van der Waals surface area contributed by atoms with E-state index < -0.39 is 17.9 Å². The highest BCUT2D eigenvalue weighted by molar-refractivity contribution is 14.1. The summed E-state index contributed by atoms with van der Waals surface area (Å²) in [6.07, 6.45) is 5.23. The average molecular weight is 510 g/mol. The lowest BCUT2D eigenvalue weighted by molar-refractivity contribution is -0.0762. The molecule has 150 valence electrons. The molecule has 1 amide bonds. The second kappa shape index (κ2) is 8.54. The van der Waals surface area contributed by atoms with E-state index in [4.69, 9.17) is 4.74 Å². The summed E-state index contributed by atoms with van der Waals surface area (Å²) in [5, 5.41) is 4.26. The zero-order chi connectivity index (χ0) is 20.4. The number of carbonyl (C=O) groups is 1. The van der Waals surface area contributed by atoms with Gasteiger partial charge in [-0.3, -0.25) is 4.79 Å². The lowest BCUT2D eigenvalue weighted by Gasteiger charge is -2.35. The third-order valence-electron chi connectivity index (χ3n) is 4.61. The molecular weight excluding hydrogens is 493 g/mol. The summed E-state index contributed by atoms with van der Waals surface area (Å²) >= 11 is 2.03. The summed E-state index contributed by atoms with van der Waals surface area (Å²) in [4.78, 5) is 18.7. The van der Waals surface area contributed by atoms with E-state index in [0.29, 0.717) is 40.9 Å². The van der Waals surface area contributed by atoms with Crippen molar-refractivity contribution in [2.24, 2.45) is 0 Å². The number of hydrogen-bond donors (Lipinski definition) is 0. The van der Waals surface area contributed by atoms with E-state index in [2.05, 4.69) is 10.1 Å². The van der Waals surface area contributed by atoms with Gasteiger partial charge in [-0.2, -0.15) is 5.10 Å². The summed E-state index contributed by atoms with van der Waals surface area (Å²) in [7, 11) is 0. The average Bonchev–Trinajstić information content (AvgIpc) is 3.19. The minimum atomic E-state index is -0.478. The van der Waals surface area contributed by atoms with Gasteiger partial charge in [0.1, 0.15) is 17.9 Å². The molecular formula is C20H17F2IN4O2. The van der Waals surface area contributed by atoms with Crippen LogP contribution in [0.5, 0.6) is 0 Å². The molecule has 0 bridgehead atoms. The summed E-state index contributed by atoms with van der Waals surface area (Å²) < 4.78 is 34.8. The van der Waals surface area contributed by atoms with Gasteiger partial charge in [0.2, 0.25) is 0 Å². The summed E-state index contributed by atoms with van der Waals surface area (Å²) in [5.41, 5.74) is 1.17. The molecule has 0 aliphatic carbocycles. The fourth-order valence-electron chi connectivity index (χ4n) is 3.20. The molecule has 1 saturated heterocycles. The zero-order valence-corrected chi connectivity index (χ0v) is 17.4. The first-order valence-electron chi connectivity index (χ1n) is 9.04. The van der Waals surface area contributed by atoms with Crippen LogP contribution in [0.15, 0.2) is 48.9 Å². The first-order chi connectivity index (χ1) is 14.0. The maximum atomic E-state index is 13.7. The molecule has 0 spiro atoms. The quantitative estimate of drug-likeness (QED) is 0.504. The van der Waals surface area contributed by atoms with Gasteiger partial charge in [-0.15, -0.1) is 0 Å². The van der Waals surface area contributed by atoms with E-state index >= 15 is 0 Å². The van der Waals surface area contributed by atoms with Crippen molar-refractivity contribution >= 4 is 28.5 Å². The first kappa shape index (κ1) is 19.9. The Labute approximate surface area is 179 Å². The fourth-order valence-corrected chi connectivity index (χ4v) is 3.77. The standard InChI is InChI=1S/C20H17F2IN4O2/c21-14-2-4-17(23)16(9-14)20(28)26-6-1-7-29-19(26)8-13-10-25-27(12-13)18-5-3-15(22)11-24-18/h2-5,9-12,19H,1,6-8H2. The number of hydrogen-bond acceptors (Lipinski definition) is 4. The van der Waals surface area contributed by atoms with Gasteiger partial charge in [-0.05, 0) is 64.9 Å². The van der Waals surface area contributed by atoms with Crippen LogP contribution in [0.3, 0.4) is 0 Å². The van der Waals surface area contributed by atoms with E-state index in [-0.39, 0.29) is 5.91 Å². The summed E-state index contributed by atoms with van der Waals surface area (Å²) in [5.74, 6) is -0.634. The van der Waals surface area contributed by atoms with Gasteiger partial charge >= 0.3 is 0 Å². The first-order valence-corrected chi connectivity index (χ1v) is 10.1. The molecule has 4 rings (SSSR count). The number of ether oxygens (including phenoxy) is 1. The molecule has 1 atom stereocenters. The largest absolute Gasteiger partial charge is 0.358 e. The van der Waals surface area contributed by atoms with Gasteiger partial charge in [-0.25, -0.2) is 18.4 Å². The summed E-state index contributed by atoms with van der Waals surface area (Å²) in [6.45, 7) is 1.08. The Morgan fingerprint density at radius 2 is 2.03 bits per heavy atom. The molecule has 1 unspecified atom stereocenters. The molecule has 0 saturated carbocycles. The molecule has 2 aromatic heterocycles. The van der Waals surface area contributed by atoms with Gasteiger partial charge in [0, 0.05) is 22.7 Å². The van der Waals surface area contributed by atoms with Crippen molar-refractivity contribution < 1.29 is 18.3 Å². The van der Waals surface area contributed by atoms with Crippen LogP contribution in [-0.2, 0) is 11.2 Å². The molecule has 6 nitrogen and oxygen atoms in total. The van der Waals surface area contributed by atoms with E-state index in [1.54, 1.807) is 28.0 Å². The predicted octanol–water partition coefficient (Wildman–Crippen LogP) is 3.58. The van der Waals surface area contributed by atoms with Crippen molar-refractivity contribution in [2.45, 2.75) is 19.1 Å². The number of benzene rings is 1. The lowest BCUT2D eigenvalue weighted by atomic mass is 10.1. The number of nitrogens with zero attached hydrogens (tertiary/aromatic N) is 4. The number of halogens is 3. The number of rotatable bonds is 4. The molecule has 29 heavy (non-hydrogen) atoms. The Morgan fingerprint density at radius 1 is 1.21 bits per heavy atom. The smallest absolute Gasteiger partial charge is 0.257 e. The van der Waals surface area contributed by atoms with Gasteiger partial charge in [0.05, 0.1) is 24.6 Å². The number of carbonyl (C=O) groups excluding carboxylic acids is 1. The van der Waals surface area contributed by atoms with Crippen LogP contribution >= 0.6 is 22.6 Å². The SMILES string of the molecule is O=C(c1cc(F)ccc1I)N1CCCOC1Cc1cnn(-c2ccc(F)cn2)c1. The topological polar surface area (TPSA) is 60.3 Å². The van der Waals surface area contributed by atoms with E-state index in [1.807, 2.05) is 22.6 Å². The molecule has 3 aromatic rings. The van der Waals surface area contributed by atoms with Crippen LogP contribution < -0.4 is 0 Å². The molecule has 1 aliphatic rings. The van der Waals surface area contributed by atoms with Crippen LogP contribution in [0.1, 0.15) is 22.3 Å². The highest BCUT2D eigenvalue weighted by Gasteiger charge is 2.30. The van der Waals surface area contributed by atoms with Crippen molar-refractivity contribution in [1.29, 1.82) is 0 Å². The Balaban J connectivity index is 1.53. The Kier molecular flexibility index (Phi) is 5.86. The van der Waals surface area contributed by atoms with Crippen molar-refractivity contribution in [3.05, 3.63) is 75.3 Å². The zero-order valence-electron chi connectivity index (χ0n) is 15.3. The Bertz CT molecular complexity index is 1030. The van der Waals surface area contributed by atoms with Gasteiger partial charge in [0.25, 0.3) is 5.91 Å². The van der Waals surface area contributed by atoms with Gasteiger partial charge < -0.3 is 9.64 Å². The van der Waals surface area contributed by atoms with Crippen LogP contribution in [0.25, 0.3) is 5.82 Å². The van der Waals surface area contributed by atoms with Crippen LogP contribution in [-0.4, -0.2) is 45.0 Å². The molecule has 1 fully saturated rings. The van der Waals surface area contributed by atoms with Gasteiger partial charge in [0.15, 0.2) is 5.82 Å². The Hall–Kier alpha value is -2.40. The maximum absolute atomic E-state index is 13.7. The predicted molar refractivity (Wildman–Crippen MR) is 110 cm³/mol. The number of aromatic nitrogens is 3. The third kappa shape index (κ3) is 4.45. The minimum Gasteiger partial charge on any atom is -0.358 e. The van der Waals surface area contributed by atoms with E-state index in [9.17, 15) is 13.6 Å². The lowest BCUT2D eigenvalue weighted by Crippen LogP contribution is -2.47. The highest BCUT2D eigenvalue weighted by atomic mass is 127. The monoisotopic (exact) mass is 510 g/mol. The van der Waals surface area contributed by atoms with Crippen LogP contribution in [0.2, 0.25) is 0 Å². The fraction of sp³-hybridized carbons (Fsp3) is 0.250. The summed E-state index contributed by atoms with van der Waals surface area (Å²) in [6, 6.07) is 7.02. The van der Waals surface area contributed by atoms with Crippen molar-refractivity contribution in [3.63, 3.8) is 0 Å². The molecule has 9 heteroatoms. The molecule has 1 aromatic carbocycles. The highest BCUT2D eigenvalue weighted by Crippen LogP contribution is 2.22. The molecule has 0 N–H and O–H groups in total. The second-order valence-electron chi connectivity index (χ2n) is 6.63. The Morgan fingerprint density at radius 3 is 2.83 bits per heavy atom. The molecule has 3 heterocycles.